The zero-order valence-electron chi connectivity index (χ0n) is 20.9. The number of benzene rings is 4. The zero-order chi connectivity index (χ0) is 24.2. The molecule has 0 fully saturated rings. The monoisotopic (exact) mass is 450 g/mol. The van der Waals surface area contributed by atoms with Crippen LogP contribution in [0, 0.1) is 6.92 Å². The third-order valence-corrected chi connectivity index (χ3v) is 6.89. The number of rotatable bonds is 7. The van der Waals surface area contributed by atoms with Gasteiger partial charge in [-0.2, -0.15) is 0 Å². The summed E-state index contributed by atoms with van der Waals surface area (Å²) in [4.78, 5) is 17.5. The minimum atomic E-state index is -0.0488. The molecule has 0 aliphatic carbocycles. The molecule has 0 aromatic heterocycles. The first-order chi connectivity index (χ1) is 16.4. The van der Waals surface area contributed by atoms with Crippen molar-refractivity contribution < 1.29 is 4.79 Å². The summed E-state index contributed by atoms with van der Waals surface area (Å²) in [5.74, 6) is 0.0275. The van der Waals surface area contributed by atoms with Crippen LogP contribution in [-0.2, 0) is 0 Å². The summed E-state index contributed by atoms with van der Waals surface area (Å²) in [5, 5.41) is 2.40. The molecule has 3 heteroatoms. The van der Waals surface area contributed by atoms with Crippen molar-refractivity contribution in [1.82, 2.24) is 4.90 Å². The Labute approximate surface area is 203 Å². The van der Waals surface area contributed by atoms with Crippen molar-refractivity contribution in [3.63, 3.8) is 0 Å². The van der Waals surface area contributed by atoms with E-state index in [-0.39, 0.29) is 11.9 Å². The molecular formula is C31H34N2O. The molecule has 0 saturated carbocycles. The van der Waals surface area contributed by atoms with Crippen LogP contribution in [0.25, 0.3) is 21.9 Å². The quantitative estimate of drug-likeness (QED) is 0.291. The Morgan fingerprint density at radius 1 is 0.824 bits per heavy atom. The van der Waals surface area contributed by atoms with Crippen LogP contribution in [0.2, 0.25) is 0 Å². The van der Waals surface area contributed by atoms with Crippen molar-refractivity contribution in [2.75, 3.05) is 25.0 Å². The lowest BCUT2D eigenvalue weighted by molar-refractivity contribution is 0.0743. The first-order valence-electron chi connectivity index (χ1n) is 12.1. The van der Waals surface area contributed by atoms with Gasteiger partial charge in [0.15, 0.2) is 0 Å². The summed E-state index contributed by atoms with van der Waals surface area (Å²) in [6.07, 6.45) is 0. The number of carbonyl (C=O) groups is 1. The predicted molar refractivity (Wildman–Crippen MR) is 145 cm³/mol. The van der Waals surface area contributed by atoms with E-state index in [0.29, 0.717) is 5.56 Å². The van der Waals surface area contributed by atoms with E-state index in [9.17, 15) is 4.79 Å². The molecule has 0 radical (unpaired) electrons. The number of fused-ring (bicyclic) bond motifs is 1. The van der Waals surface area contributed by atoms with Crippen LogP contribution >= 0.6 is 0 Å². The summed E-state index contributed by atoms with van der Waals surface area (Å²) >= 11 is 0. The van der Waals surface area contributed by atoms with Crippen molar-refractivity contribution in [2.24, 2.45) is 0 Å². The van der Waals surface area contributed by atoms with E-state index in [4.69, 9.17) is 0 Å². The maximum atomic E-state index is 13.3. The fourth-order valence-corrected chi connectivity index (χ4v) is 4.59. The van der Waals surface area contributed by atoms with Crippen LogP contribution in [0.4, 0.5) is 5.69 Å². The number of hydrogen-bond donors (Lipinski definition) is 0. The minimum absolute atomic E-state index is 0.0275. The molecule has 0 spiro atoms. The fraction of sp³-hybridized carbons (Fsp3) is 0.258. The second-order valence-corrected chi connectivity index (χ2v) is 8.96. The summed E-state index contributed by atoms with van der Waals surface area (Å²) in [6, 6.07) is 29.4. The Kier molecular flexibility index (Phi) is 7.02. The topological polar surface area (TPSA) is 23.6 Å². The second kappa shape index (κ2) is 10.1. The van der Waals surface area contributed by atoms with Crippen molar-refractivity contribution in [1.29, 1.82) is 0 Å². The minimum Gasteiger partial charge on any atom is -0.372 e. The number of aryl methyl sites for hydroxylation is 1. The number of anilines is 1. The van der Waals surface area contributed by atoms with Gasteiger partial charge in [0.1, 0.15) is 0 Å². The van der Waals surface area contributed by atoms with Gasteiger partial charge in [-0.3, -0.25) is 4.79 Å². The van der Waals surface area contributed by atoms with Gasteiger partial charge < -0.3 is 9.80 Å². The van der Waals surface area contributed by atoms with Crippen LogP contribution < -0.4 is 4.90 Å². The Morgan fingerprint density at radius 2 is 1.44 bits per heavy atom. The third-order valence-electron chi connectivity index (χ3n) is 6.89. The van der Waals surface area contributed by atoms with Gasteiger partial charge in [0, 0.05) is 31.4 Å². The van der Waals surface area contributed by atoms with E-state index < -0.39 is 0 Å². The van der Waals surface area contributed by atoms with E-state index in [1.807, 2.05) is 36.2 Å². The van der Waals surface area contributed by atoms with Gasteiger partial charge in [-0.05, 0) is 79.4 Å². The molecule has 0 aliphatic heterocycles. The zero-order valence-corrected chi connectivity index (χ0v) is 20.9. The normalized spacial score (nSPS) is 11.9. The molecule has 1 amide bonds. The molecule has 3 nitrogen and oxygen atoms in total. The van der Waals surface area contributed by atoms with Crippen LogP contribution in [0.3, 0.4) is 0 Å². The van der Waals surface area contributed by atoms with E-state index in [1.54, 1.807) is 0 Å². The Balaban J connectivity index is 1.57. The SMILES string of the molecule is CCN(CC)c1ccc2c(C(C)N(C)C(=O)c3ccc(-c4ccc(C)cc4)cc3)cccc2c1. The summed E-state index contributed by atoms with van der Waals surface area (Å²) < 4.78 is 0. The van der Waals surface area contributed by atoms with Gasteiger partial charge in [-0.25, -0.2) is 0 Å². The van der Waals surface area contributed by atoms with Crippen molar-refractivity contribution >= 4 is 22.4 Å². The first-order valence-corrected chi connectivity index (χ1v) is 12.1. The van der Waals surface area contributed by atoms with Crippen LogP contribution in [0.1, 0.15) is 48.3 Å². The molecule has 1 unspecified atom stereocenters. The van der Waals surface area contributed by atoms with Gasteiger partial charge in [-0.15, -0.1) is 0 Å². The van der Waals surface area contributed by atoms with E-state index in [2.05, 4.69) is 93.3 Å². The summed E-state index contributed by atoms with van der Waals surface area (Å²) in [5.41, 5.74) is 6.62. The van der Waals surface area contributed by atoms with Crippen molar-refractivity contribution in [3.8, 4) is 11.1 Å². The molecule has 4 aromatic carbocycles. The standard InChI is InChI=1S/C31H34N2O/c1-6-33(7-2)28-19-20-30-27(21-28)9-8-10-29(30)23(4)32(5)31(34)26-17-15-25(16-18-26)24-13-11-22(3)12-14-24/h8-21,23H,6-7H2,1-5H3. The molecule has 0 aliphatic rings. The van der Waals surface area contributed by atoms with E-state index >= 15 is 0 Å². The molecule has 1 atom stereocenters. The second-order valence-electron chi connectivity index (χ2n) is 8.96. The van der Waals surface area contributed by atoms with E-state index in [0.717, 1.165) is 29.8 Å². The van der Waals surface area contributed by atoms with Crippen LogP contribution in [0.5, 0.6) is 0 Å². The fourth-order valence-electron chi connectivity index (χ4n) is 4.59. The van der Waals surface area contributed by atoms with Gasteiger partial charge in [0.05, 0.1) is 6.04 Å². The maximum Gasteiger partial charge on any atom is 0.254 e. The average Bonchev–Trinajstić information content (AvgIpc) is 2.88. The number of nitrogens with zero attached hydrogens (tertiary/aromatic N) is 2. The molecule has 0 bridgehead atoms. The molecule has 0 N–H and O–H groups in total. The highest BCUT2D eigenvalue weighted by Gasteiger charge is 2.21. The maximum absolute atomic E-state index is 13.3. The summed E-state index contributed by atoms with van der Waals surface area (Å²) in [6.45, 7) is 10.5. The Bertz CT molecular complexity index is 1270. The molecule has 0 saturated heterocycles. The third kappa shape index (κ3) is 4.70. The van der Waals surface area contributed by atoms with Crippen molar-refractivity contribution in [2.45, 2.75) is 33.7 Å². The number of carbonyl (C=O) groups excluding carboxylic acids is 1. The van der Waals surface area contributed by atoms with Crippen molar-refractivity contribution in [3.05, 3.63) is 102 Å². The predicted octanol–water partition coefficient (Wildman–Crippen LogP) is 7.49. The largest absolute Gasteiger partial charge is 0.372 e. The highest BCUT2D eigenvalue weighted by Crippen LogP contribution is 2.31. The number of amides is 1. The first kappa shape index (κ1) is 23.6. The van der Waals surface area contributed by atoms with Gasteiger partial charge >= 0.3 is 0 Å². The molecule has 4 aromatic rings. The van der Waals surface area contributed by atoms with Gasteiger partial charge in [0.25, 0.3) is 5.91 Å². The smallest absolute Gasteiger partial charge is 0.254 e. The van der Waals surface area contributed by atoms with Crippen LogP contribution in [0.15, 0.2) is 84.9 Å². The molecule has 0 heterocycles. The van der Waals surface area contributed by atoms with Crippen LogP contribution in [-0.4, -0.2) is 30.9 Å². The Hall–Kier alpha value is -3.59. The van der Waals surface area contributed by atoms with E-state index in [1.165, 1.54) is 22.0 Å². The van der Waals surface area contributed by atoms with Gasteiger partial charge in [0.2, 0.25) is 0 Å². The van der Waals surface area contributed by atoms with Gasteiger partial charge in [-0.1, -0.05) is 66.2 Å². The average molecular weight is 451 g/mol. The highest BCUT2D eigenvalue weighted by molar-refractivity contribution is 5.95. The lowest BCUT2D eigenvalue weighted by Crippen LogP contribution is -2.29. The lowest BCUT2D eigenvalue weighted by Gasteiger charge is -2.27. The number of hydrogen-bond acceptors (Lipinski definition) is 2. The Morgan fingerprint density at radius 3 is 2.06 bits per heavy atom. The lowest BCUT2D eigenvalue weighted by atomic mass is 9.97. The molecular weight excluding hydrogens is 416 g/mol. The molecule has 4 rings (SSSR count). The molecule has 174 valence electrons. The molecule has 34 heavy (non-hydrogen) atoms. The highest BCUT2D eigenvalue weighted by atomic mass is 16.2. The summed E-state index contributed by atoms with van der Waals surface area (Å²) in [7, 11) is 1.89.